The van der Waals surface area contributed by atoms with Gasteiger partial charge in [-0.05, 0) is 48.9 Å². The smallest absolute Gasteiger partial charge is 0.230 e. The van der Waals surface area contributed by atoms with Gasteiger partial charge in [-0.1, -0.05) is 6.07 Å². The highest BCUT2D eigenvalue weighted by molar-refractivity contribution is 8.00. The molecule has 1 aromatic carbocycles. The Morgan fingerprint density at radius 1 is 1.29 bits per heavy atom. The summed E-state index contributed by atoms with van der Waals surface area (Å²) < 4.78 is 5.13. The van der Waals surface area contributed by atoms with E-state index in [9.17, 15) is 4.79 Å². The van der Waals surface area contributed by atoms with E-state index in [1.165, 1.54) is 35.3 Å². The molecule has 1 amide bonds. The molecule has 0 aromatic heterocycles. The number of hydrogen-bond acceptors (Lipinski definition) is 4. The van der Waals surface area contributed by atoms with E-state index >= 15 is 0 Å². The van der Waals surface area contributed by atoms with Crippen LogP contribution in [0.3, 0.4) is 0 Å². The Kier molecular flexibility index (Phi) is 7.06. The Labute approximate surface area is 130 Å². The molecule has 0 saturated carbocycles. The van der Waals surface area contributed by atoms with Crippen molar-refractivity contribution in [2.75, 3.05) is 32.1 Å². The number of nitrogens with one attached hydrogen (secondary N) is 1. The number of hydrogen-bond donors (Lipinski definition) is 2. The van der Waals surface area contributed by atoms with E-state index in [2.05, 4.69) is 23.5 Å². The van der Waals surface area contributed by atoms with Crippen molar-refractivity contribution in [2.24, 2.45) is 0 Å². The average Bonchev–Trinajstić information content (AvgIpc) is 2.96. The van der Waals surface area contributed by atoms with Crippen molar-refractivity contribution in [3.05, 3.63) is 29.3 Å². The van der Waals surface area contributed by atoms with Gasteiger partial charge in [-0.15, -0.1) is 11.8 Å². The van der Waals surface area contributed by atoms with Gasteiger partial charge in [-0.25, -0.2) is 0 Å². The quantitative estimate of drug-likeness (QED) is 0.539. The molecule has 1 aliphatic rings. The lowest BCUT2D eigenvalue weighted by molar-refractivity contribution is -0.118. The maximum absolute atomic E-state index is 11.7. The standard InChI is InChI=1S/C16H23NO3S/c18-8-10-20-9-2-7-17-16(19)12-21-15-6-5-13-3-1-4-14(13)11-15/h5-6,11,18H,1-4,7-10,12H2,(H,17,19). The molecule has 0 radical (unpaired) electrons. The molecule has 2 N–H and O–H groups in total. The van der Waals surface area contributed by atoms with Gasteiger partial charge in [0.25, 0.3) is 0 Å². The van der Waals surface area contributed by atoms with Crippen molar-refractivity contribution in [2.45, 2.75) is 30.6 Å². The van der Waals surface area contributed by atoms with Crippen LogP contribution in [0.5, 0.6) is 0 Å². The number of amides is 1. The van der Waals surface area contributed by atoms with Crippen molar-refractivity contribution in [1.82, 2.24) is 5.32 Å². The lowest BCUT2D eigenvalue weighted by Crippen LogP contribution is -2.27. The fraction of sp³-hybridized carbons (Fsp3) is 0.562. The van der Waals surface area contributed by atoms with Gasteiger partial charge in [0, 0.05) is 18.0 Å². The number of carbonyl (C=O) groups excluding carboxylic acids is 1. The van der Waals surface area contributed by atoms with Crippen LogP contribution in [-0.2, 0) is 22.4 Å². The molecule has 21 heavy (non-hydrogen) atoms. The number of thioether (sulfide) groups is 1. The Morgan fingerprint density at radius 3 is 3.00 bits per heavy atom. The van der Waals surface area contributed by atoms with E-state index in [-0.39, 0.29) is 12.5 Å². The maximum atomic E-state index is 11.7. The number of rotatable bonds is 9. The summed E-state index contributed by atoms with van der Waals surface area (Å²) in [6, 6.07) is 6.54. The molecule has 0 fully saturated rings. The molecule has 0 bridgehead atoms. The summed E-state index contributed by atoms with van der Waals surface area (Å²) in [4.78, 5) is 12.9. The topological polar surface area (TPSA) is 58.6 Å². The van der Waals surface area contributed by atoms with Crippen LogP contribution in [0.1, 0.15) is 24.0 Å². The first-order valence-electron chi connectivity index (χ1n) is 7.49. The van der Waals surface area contributed by atoms with Crippen molar-refractivity contribution >= 4 is 17.7 Å². The van der Waals surface area contributed by atoms with Gasteiger partial charge >= 0.3 is 0 Å². The zero-order chi connectivity index (χ0) is 14.9. The normalized spacial score (nSPS) is 13.2. The van der Waals surface area contributed by atoms with Gasteiger partial charge < -0.3 is 15.2 Å². The summed E-state index contributed by atoms with van der Waals surface area (Å²) in [6.07, 6.45) is 4.39. The highest BCUT2D eigenvalue weighted by atomic mass is 32.2. The molecule has 1 aromatic rings. The highest BCUT2D eigenvalue weighted by Gasteiger charge is 2.11. The third-order valence-electron chi connectivity index (χ3n) is 3.46. The Balaban J connectivity index is 1.60. The second-order valence-electron chi connectivity index (χ2n) is 5.11. The number of aliphatic hydroxyl groups excluding tert-OH is 1. The predicted octanol–water partition coefficient (Wildman–Crippen LogP) is 1.78. The molecule has 0 heterocycles. The van der Waals surface area contributed by atoms with E-state index in [4.69, 9.17) is 9.84 Å². The Morgan fingerprint density at radius 2 is 2.14 bits per heavy atom. The van der Waals surface area contributed by atoms with Crippen LogP contribution in [0, 0.1) is 0 Å². The molecular formula is C16H23NO3S. The SMILES string of the molecule is O=C(CSc1ccc2c(c1)CCC2)NCCCOCCO. The van der Waals surface area contributed by atoms with E-state index in [0.29, 0.717) is 25.5 Å². The molecule has 2 rings (SSSR count). The van der Waals surface area contributed by atoms with Crippen LogP contribution < -0.4 is 5.32 Å². The lowest BCUT2D eigenvalue weighted by Gasteiger charge is -2.07. The van der Waals surface area contributed by atoms with Gasteiger partial charge in [0.2, 0.25) is 5.91 Å². The largest absolute Gasteiger partial charge is 0.394 e. The summed E-state index contributed by atoms with van der Waals surface area (Å²) in [5.74, 6) is 0.513. The molecule has 0 unspecified atom stereocenters. The second kappa shape index (κ2) is 9.07. The third kappa shape index (κ3) is 5.69. The summed E-state index contributed by atoms with van der Waals surface area (Å²) in [5, 5.41) is 11.4. The minimum absolute atomic E-state index is 0.0454. The van der Waals surface area contributed by atoms with Gasteiger partial charge in [-0.2, -0.15) is 0 Å². The van der Waals surface area contributed by atoms with Crippen molar-refractivity contribution in [3.63, 3.8) is 0 Å². The fourth-order valence-corrected chi connectivity index (χ4v) is 3.20. The molecule has 116 valence electrons. The minimum Gasteiger partial charge on any atom is -0.394 e. The Hall–Kier alpha value is -1.04. The Bertz CT molecular complexity index is 465. The van der Waals surface area contributed by atoms with Gasteiger partial charge in [-0.3, -0.25) is 4.79 Å². The van der Waals surface area contributed by atoms with Gasteiger partial charge in [0.15, 0.2) is 0 Å². The van der Waals surface area contributed by atoms with Gasteiger partial charge in [0.1, 0.15) is 0 Å². The van der Waals surface area contributed by atoms with Crippen LogP contribution in [0.4, 0.5) is 0 Å². The molecule has 4 nitrogen and oxygen atoms in total. The van der Waals surface area contributed by atoms with E-state index < -0.39 is 0 Å². The third-order valence-corrected chi connectivity index (χ3v) is 4.46. The number of fused-ring (bicyclic) bond motifs is 1. The van der Waals surface area contributed by atoms with Crippen LogP contribution >= 0.6 is 11.8 Å². The highest BCUT2D eigenvalue weighted by Crippen LogP contribution is 2.27. The maximum Gasteiger partial charge on any atom is 0.230 e. The fourth-order valence-electron chi connectivity index (χ4n) is 2.41. The summed E-state index contributed by atoms with van der Waals surface area (Å²) in [5.41, 5.74) is 2.91. The van der Waals surface area contributed by atoms with E-state index in [1.807, 2.05) is 0 Å². The minimum atomic E-state index is 0.0454. The zero-order valence-electron chi connectivity index (χ0n) is 12.3. The number of aliphatic hydroxyl groups is 1. The first-order valence-corrected chi connectivity index (χ1v) is 8.48. The summed E-state index contributed by atoms with van der Waals surface area (Å²) >= 11 is 1.59. The first-order chi connectivity index (χ1) is 10.3. The van der Waals surface area contributed by atoms with Crippen molar-refractivity contribution < 1.29 is 14.6 Å². The summed E-state index contributed by atoms with van der Waals surface area (Å²) in [7, 11) is 0. The lowest BCUT2D eigenvalue weighted by atomic mass is 10.1. The number of benzene rings is 1. The molecule has 0 saturated heterocycles. The molecule has 0 spiro atoms. The van der Waals surface area contributed by atoms with Crippen LogP contribution in [0.25, 0.3) is 0 Å². The molecule has 5 heteroatoms. The van der Waals surface area contributed by atoms with E-state index in [1.54, 1.807) is 11.8 Å². The summed E-state index contributed by atoms with van der Waals surface area (Å²) in [6.45, 7) is 1.60. The number of ether oxygens (including phenoxy) is 1. The van der Waals surface area contributed by atoms with Gasteiger partial charge in [0.05, 0.1) is 19.0 Å². The number of aryl methyl sites for hydroxylation is 2. The molecular weight excluding hydrogens is 286 g/mol. The van der Waals surface area contributed by atoms with Crippen LogP contribution in [0.15, 0.2) is 23.1 Å². The number of carbonyl (C=O) groups is 1. The van der Waals surface area contributed by atoms with Crippen LogP contribution in [0.2, 0.25) is 0 Å². The van der Waals surface area contributed by atoms with Crippen LogP contribution in [-0.4, -0.2) is 43.1 Å². The van der Waals surface area contributed by atoms with Crippen molar-refractivity contribution in [1.29, 1.82) is 0 Å². The second-order valence-corrected chi connectivity index (χ2v) is 6.16. The average molecular weight is 309 g/mol. The monoisotopic (exact) mass is 309 g/mol. The first kappa shape index (κ1) is 16.3. The molecule has 0 atom stereocenters. The molecule has 0 aliphatic heterocycles. The molecule has 1 aliphatic carbocycles. The zero-order valence-corrected chi connectivity index (χ0v) is 13.1. The predicted molar refractivity (Wildman–Crippen MR) is 84.7 cm³/mol. The van der Waals surface area contributed by atoms with E-state index in [0.717, 1.165) is 6.42 Å². The van der Waals surface area contributed by atoms with Crippen molar-refractivity contribution in [3.8, 4) is 0 Å².